The molecule has 2 N–H and O–H groups in total. The van der Waals surface area contributed by atoms with Gasteiger partial charge >= 0.3 is 0 Å². The van der Waals surface area contributed by atoms with E-state index in [1.54, 1.807) is 31.4 Å². The van der Waals surface area contributed by atoms with E-state index in [-0.39, 0.29) is 30.5 Å². The maximum absolute atomic E-state index is 13.4. The molecule has 0 bridgehead atoms. The largest absolute Gasteiger partial charge is 0.369 e. The summed E-state index contributed by atoms with van der Waals surface area (Å²) in [7, 11) is 1.71. The highest BCUT2D eigenvalue weighted by Crippen LogP contribution is 2.34. The molecule has 0 aliphatic carbocycles. The van der Waals surface area contributed by atoms with E-state index in [1.807, 2.05) is 24.4 Å². The van der Waals surface area contributed by atoms with E-state index in [1.165, 1.54) is 4.57 Å². The molecule has 2 aromatic heterocycles. The maximum atomic E-state index is 13.4. The third kappa shape index (κ3) is 6.23. The lowest BCUT2D eigenvalue weighted by molar-refractivity contribution is -0.136. The molecule has 4 atom stereocenters. The summed E-state index contributed by atoms with van der Waals surface area (Å²) in [5.41, 5.74) is 2.86. The summed E-state index contributed by atoms with van der Waals surface area (Å²) in [6.45, 7) is 7.99. The number of nitrogens with one attached hydrogen (secondary N) is 2. The van der Waals surface area contributed by atoms with Crippen molar-refractivity contribution in [1.29, 1.82) is 0 Å². The SMILES string of the molecule is CC1CN([C@@H]2CCN(c3ccc4c(c3)C(=O)N(C3CCC(=O)NC3=O)C4=O)[C@@H](C)C2)CCN1c1ccc(Nc2cc(Br)cn(C)c2=O)nc1. The molecule has 3 saturated heterocycles. The normalized spacial score (nSPS) is 24.7. The molecular formula is C35H39BrN8O5. The monoisotopic (exact) mass is 730 g/mol. The molecule has 49 heavy (non-hydrogen) atoms. The number of pyridine rings is 2. The Bertz CT molecular complexity index is 1900. The zero-order valence-corrected chi connectivity index (χ0v) is 29.3. The number of hydrogen-bond acceptors (Lipinski definition) is 10. The van der Waals surface area contributed by atoms with Crippen LogP contribution in [0.5, 0.6) is 0 Å². The van der Waals surface area contributed by atoms with Gasteiger partial charge in [0.1, 0.15) is 17.5 Å². The second-order valence-electron chi connectivity index (χ2n) is 13.4. The molecule has 0 saturated carbocycles. The first-order valence-electron chi connectivity index (χ1n) is 16.7. The Kier molecular flexibility index (Phi) is 8.78. The number of hydrogen-bond donors (Lipinski definition) is 2. The minimum absolute atomic E-state index is 0.0926. The van der Waals surface area contributed by atoms with E-state index < -0.39 is 29.7 Å². The van der Waals surface area contributed by atoms with Crippen molar-refractivity contribution in [2.75, 3.05) is 41.3 Å². The van der Waals surface area contributed by atoms with Crippen molar-refractivity contribution in [3.63, 3.8) is 0 Å². The first kappa shape index (κ1) is 33.0. The molecule has 0 radical (unpaired) electrons. The molecule has 6 heterocycles. The van der Waals surface area contributed by atoms with Gasteiger partial charge in [0.25, 0.3) is 17.4 Å². The molecule has 4 aliphatic heterocycles. The fourth-order valence-corrected chi connectivity index (χ4v) is 8.27. The fourth-order valence-electron chi connectivity index (χ4n) is 7.73. The summed E-state index contributed by atoms with van der Waals surface area (Å²) in [6.07, 6.45) is 5.75. The standard InChI is InChI=1S/C35H39BrN8O5/c1-20-14-23(10-11-42(20)24-4-6-26-27(16-24)34(48)44(33(26)47)29-7-9-31(45)39-32(29)46)41-12-13-43(21(2)18-41)25-5-8-30(37-17-25)38-28-15-22(36)19-40(3)35(28)49/h4-6,8,15-17,19-21,23,29H,7,9-14,18H2,1-3H3,(H,37,38)(H,39,45,46)/t20-,21?,23+,29?/m0/s1. The minimum atomic E-state index is -0.974. The van der Waals surface area contributed by atoms with Crippen LogP contribution in [0.3, 0.4) is 0 Å². The van der Waals surface area contributed by atoms with Crippen LogP contribution in [0.2, 0.25) is 0 Å². The molecule has 3 aromatic rings. The van der Waals surface area contributed by atoms with Crippen molar-refractivity contribution >= 4 is 62.4 Å². The molecule has 2 unspecified atom stereocenters. The summed E-state index contributed by atoms with van der Waals surface area (Å²) >= 11 is 3.44. The highest BCUT2D eigenvalue weighted by Gasteiger charge is 2.45. The van der Waals surface area contributed by atoms with E-state index in [9.17, 15) is 24.0 Å². The van der Waals surface area contributed by atoms with Crippen LogP contribution in [0.25, 0.3) is 0 Å². The summed E-state index contributed by atoms with van der Waals surface area (Å²) in [5.74, 6) is -1.36. The van der Waals surface area contributed by atoms with Gasteiger partial charge in [0.2, 0.25) is 11.8 Å². The van der Waals surface area contributed by atoms with Crippen LogP contribution >= 0.6 is 15.9 Å². The number of halogens is 1. The highest BCUT2D eigenvalue weighted by molar-refractivity contribution is 9.10. The van der Waals surface area contributed by atoms with Gasteiger partial charge in [-0.25, -0.2) is 4.98 Å². The van der Waals surface area contributed by atoms with Gasteiger partial charge in [0.05, 0.1) is 23.0 Å². The van der Waals surface area contributed by atoms with Gasteiger partial charge in [0.15, 0.2) is 0 Å². The van der Waals surface area contributed by atoms with E-state index in [2.05, 4.69) is 60.1 Å². The number of piperidine rings is 2. The number of carbonyl (C=O) groups excluding carboxylic acids is 4. The molecule has 256 valence electrons. The molecule has 13 nitrogen and oxygen atoms in total. The molecule has 0 spiro atoms. The van der Waals surface area contributed by atoms with Crippen molar-refractivity contribution in [1.82, 2.24) is 24.7 Å². The summed E-state index contributed by atoms with van der Waals surface area (Å²) < 4.78 is 2.32. The Morgan fingerprint density at radius 1 is 0.878 bits per heavy atom. The summed E-state index contributed by atoms with van der Waals surface area (Å²) in [6, 6.07) is 11.0. The number of benzene rings is 1. The second-order valence-corrected chi connectivity index (χ2v) is 14.4. The Labute approximate surface area is 292 Å². The number of anilines is 4. The first-order chi connectivity index (χ1) is 23.5. The van der Waals surface area contributed by atoms with Crippen LogP contribution < -0.4 is 26.0 Å². The Morgan fingerprint density at radius 3 is 2.35 bits per heavy atom. The fraction of sp³-hybridized carbons (Fsp3) is 0.429. The quantitative estimate of drug-likeness (QED) is 0.364. The van der Waals surface area contributed by atoms with Gasteiger partial charge in [-0.2, -0.15) is 0 Å². The number of amides is 4. The lowest BCUT2D eigenvalue weighted by Crippen LogP contribution is -2.58. The number of rotatable bonds is 6. The maximum Gasteiger partial charge on any atom is 0.274 e. The predicted molar refractivity (Wildman–Crippen MR) is 188 cm³/mol. The number of fused-ring (bicyclic) bond motifs is 1. The predicted octanol–water partition coefficient (Wildman–Crippen LogP) is 3.26. The number of aromatic nitrogens is 2. The molecule has 14 heteroatoms. The lowest BCUT2D eigenvalue weighted by Gasteiger charge is -2.48. The third-order valence-electron chi connectivity index (χ3n) is 10.3. The number of nitrogens with zero attached hydrogens (tertiary/aromatic N) is 6. The van der Waals surface area contributed by atoms with E-state index in [0.29, 0.717) is 28.7 Å². The Balaban J connectivity index is 0.959. The minimum Gasteiger partial charge on any atom is -0.369 e. The molecular weight excluding hydrogens is 692 g/mol. The van der Waals surface area contributed by atoms with Gasteiger partial charge in [-0.15, -0.1) is 0 Å². The smallest absolute Gasteiger partial charge is 0.274 e. The second kappa shape index (κ2) is 13.0. The van der Waals surface area contributed by atoms with Gasteiger partial charge in [0, 0.05) is 74.1 Å². The van der Waals surface area contributed by atoms with Crippen LogP contribution in [0.15, 0.2) is 58.1 Å². The Hall–Kier alpha value is -4.56. The summed E-state index contributed by atoms with van der Waals surface area (Å²) in [5, 5.41) is 5.38. The lowest BCUT2D eigenvalue weighted by atomic mass is 9.94. The number of aryl methyl sites for hydroxylation is 1. The zero-order valence-electron chi connectivity index (χ0n) is 27.7. The number of carbonyl (C=O) groups is 4. The molecule has 7 rings (SSSR count). The van der Waals surface area contributed by atoms with Gasteiger partial charge < -0.3 is 19.7 Å². The van der Waals surface area contributed by atoms with Crippen LogP contribution in [-0.4, -0.2) is 93.3 Å². The van der Waals surface area contributed by atoms with E-state index >= 15 is 0 Å². The molecule has 1 aromatic carbocycles. The topological polar surface area (TPSA) is 140 Å². The van der Waals surface area contributed by atoms with Crippen LogP contribution in [0.4, 0.5) is 22.9 Å². The highest BCUT2D eigenvalue weighted by atomic mass is 79.9. The van der Waals surface area contributed by atoms with Crippen LogP contribution in [0, 0.1) is 0 Å². The zero-order chi connectivity index (χ0) is 34.6. The van der Waals surface area contributed by atoms with Crippen molar-refractivity contribution in [3.05, 3.63) is 74.7 Å². The van der Waals surface area contributed by atoms with Gasteiger partial charge in [-0.05, 0) is 85.4 Å². The number of piperazine rings is 1. The van der Waals surface area contributed by atoms with Crippen LogP contribution in [0.1, 0.15) is 60.2 Å². The first-order valence-corrected chi connectivity index (χ1v) is 17.5. The van der Waals surface area contributed by atoms with Crippen molar-refractivity contribution in [3.8, 4) is 0 Å². The van der Waals surface area contributed by atoms with Gasteiger partial charge in [-0.1, -0.05) is 0 Å². The molecule has 4 aliphatic rings. The van der Waals surface area contributed by atoms with E-state index in [4.69, 9.17) is 0 Å². The Morgan fingerprint density at radius 2 is 1.63 bits per heavy atom. The third-order valence-corrected chi connectivity index (χ3v) is 10.7. The summed E-state index contributed by atoms with van der Waals surface area (Å²) in [4.78, 5) is 76.0. The number of imide groups is 2. The average Bonchev–Trinajstić information content (AvgIpc) is 3.32. The molecule has 3 fully saturated rings. The van der Waals surface area contributed by atoms with Gasteiger partial charge in [-0.3, -0.25) is 39.1 Å². The average molecular weight is 732 g/mol. The van der Waals surface area contributed by atoms with Crippen LogP contribution in [-0.2, 0) is 16.6 Å². The van der Waals surface area contributed by atoms with E-state index in [0.717, 1.165) is 59.8 Å². The molecule has 4 amide bonds. The van der Waals surface area contributed by atoms with Crippen molar-refractivity contribution < 1.29 is 19.2 Å². The van der Waals surface area contributed by atoms with Crippen molar-refractivity contribution in [2.45, 2.75) is 63.7 Å². The van der Waals surface area contributed by atoms with Crippen molar-refractivity contribution in [2.24, 2.45) is 7.05 Å².